The van der Waals surface area contributed by atoms with Gasteiger partial charge >= 0.3 is 0 Å². The second-order valence-corrected chi connectivity index (χ2v) is 6.80. The SMILES string of the molecule is CCc1ccccc1NC(=O)CNC(=O)COc1cc(C(C)C)ccc1C. The van der Waals surface area contributed by atoms with E-state index < -0.39 is 0 Å². The maximum Gasteiger partial charge on any atom is 0.258 e. The molecular formula is C22H28N2O3. The quantitative estimate of drug-likeness (QED) is 0.744. The third-order valence-corrected chi connectivity index (χ3v) is 4.36. The van der Waals surface area contributed by atoms with E-state index in [1.807, 2.05) is 50.2 Å². The lowest BCUT2D eigenvalue weighted by atomic mass is 10.0. The van der Waals surface area contributed by atoms with Crippen LogP contribution in [0.3, 0.4) is 0 Å². The Labute approximate surface area is 161 Å². The van der Waals surface area contributed by atoms with E-state index in [2.05, 4.69) is 30.5 Å². The highest BCUT2D eigenvalue weighted by molar-refractivity contribution is 5.95. The molecule has 0 atom stereocenters. The van der Waals surface area contributed by atoms with Gasteiger partial charge in [0.1, 0.15) is 5.75 Å². The molecule has 0 saturated carbocycles. The Hall–Kier alpha value is -2.82. The summed E-state index contributed by atoms with van der Waals surface area (Å²) in [6.45, 7) is 7.97. The van der Waals surface area contributed by atoms with Crippen LogP contribution in [-0.4, -0.2) is 25.0 Å². The van der Waals surface area contributed by atoms with Gasteiger partial charge in [0.15, 0.2) is 6.61 Å². The summed E-state index contributed by atoms with van der Waals surface area (Å²) in [6, 6.07) is 13.6. The van der Waals surface area contributed by atoms with E-state index in [9.17, 15) is 9.59 Å². The summed E-state index contributed by atoms with van der Waals surface area (Å²) in [6.07, 6.45) is 0.825. The van der Waals surface area contributed by atoms with Crippen molar-refractivity contribution in [1.29, 1.82) is 0 Å². The van der Waals surface area contributed by atoms with Crippen molar-refractivity contribution in [3.63, 3.8) is 0 Å². The lowest BCUT2D eigenvalue weighted by Crippen LogP contribution is -2.36. The number of aryl methyl sites for hydroxylation is 2. The third-order valence-electron chi connectivity index (χ3n) is 4.36. The second-order valence-electron chi connectivity index (χ2n) is 6.80. The fourth-order valence-corrected chi connectivity index (χ4v) is 2.65. The largest absolute Gasteiger partial charge is 0.483 e. The first-order valence-electron chi connectivity index (χ1n) is 9.28. The molecule has 144 valence electrons. The van der Waals surface area contributed by atoms with Gasteiger partial charge in [0.2, 0.25) is 5.91 Å². The van der Waals surface area contributed by atoms with Gasteiger partial charge in [0.05, 0.1) is 6.54 Å². The molecule has 2 N–H and O–H groups in total. The van der Waals surface area contributed by atoms with Crippen LogP contribution in [0.4, 0.5) is 5.69 Å². The molecule has 5 heteroatoms. The average Bonchev–Trinajstić information content (AvgIpc) is 2.66. The lowest BCUT2D eigenvalue weighted by Gasteiger charge is -2.13. The Bertz CT molecular complexity index is 800. The molecule has 2 amide bonds. The number of carbonyl (C=O) groups is 2. The minimum absolute atomic E-state index is 0.0920. The van der Waals surface area contributed by atoms with Gasteiger partial charge in [-0.3, -0.25) is 9.59 Å². The van der Waals surface area contributed by atoms with E-state index in [4.69, 9.17) is 4.74 Å². The molecule has 0 aliphatic carbocycles. The van der Waals surface area contributed by atoms with Crippen LogP contribution in [0.1, 0.15) is 43.4 Å². The van der Waals surface area contributed by atoms with E-state index in [1.165, 1.54) is 0 Å². The minimum Gasteiger partial charge on any atom is -0.483 e. The Morgan fingerprint density at radius 3 is 2.52 bits per heavy atom. The van der Waals surface area contributed by atoms with Crippen molar-refractivity contribution in [2.45, 2.75) is 40.0 Å². The van der Waals surface area contributed by atoms with Crippen LogP contribution in [0.25, 0.3) is 0 Å². The normalized spacial score (nSPS) is 10.6. The van der Waals surface area contributed by atoms with Gasteiger partial charge in [-0.1, -0.05) is 51.1 Å². The maximum atomic E-state index is 12.1. The molecule has 0 aliphatic rings. The summed E-state index contributed by atoms with van der Waals surface area (Å²) in [5.41, 5.74) is 3.96. The molecule has 5 nitrogen and oxygen atoms in total. The molecular weight excluding hydrogens is 340 g/mol. The molecule has 0 unspecified atom stereocenters. The predicted octanol–water partition coefficient (Wildman–Crippen LogP) is 3.81. The monoisotopic (exact) mass is 368 g/mol. The number of benzene rings is 2. The second kappa shape index (κ2) is 9.76. The first-order valence-corrected chi connectivity index (χ1v) is 9.28. The standard InChI is InChI=1S/C22H28N2O3/c1-5-17-8-6-7-9-19(17)24-21(25)13-23-22(26)14-27-20-12-18(15(2)3)11-10-16(20)4/h6-12,15H,5,13-14H2,1-4H3,(H,23,26)(H,24,25). The van der Waals surface area contributed by atoms with Crippen molar-refractivity contribution in [2.75, 3.05) is 18.5 Å². The van der Waals surface area contributed by atoms with Crippen molar-refractivity contribution in [1.82, 2.24) is 5.32 Å². The topological polar surface area (TPSA) is 67.4 Å². The minimum atomic E-state index is -0.330. The molecule has 27 heavy (non-hydrogen) atoms. The molecule has 0 spiro atoms. The lowest BCUT2D eigenvalue weighted by molar-refractivity contribution is -0.125. The summed E-state index contributed by atoms with van der Waals surface area (Å²) < 4.78 is 5.63. The molecule has 2 aromatic carbocycles. The van der Waals surface area contributed by atoms with Crippen molar-refractivity contribution in [3.8, 4) is 5.75 Å². The number of hydrogen-bond acceptors (Lipinski definition) is 3. The number of ether oxygens (including phenoxy) is 1. The number of hydrogen-bond donors (Lipinski definition) is 2. The Morgan fingerprint density at radius 2 is 1.81 bits per heavy atom. The highest BCUT2D eigenvalue weighted by atomic mass is 16.5. The van der Waals surface area contributed by atoms with Crippen molar-refractivity contribution < 1.29 is 14.3 Å². The smallest absolute Gasteiger partial charge is 0.258 e. The molecule has 0 fully saturated rings. The van der Waals surface area contributed by atoms with Gasteiger partial charge in [-0.15, -0.1) is 0 Å². The first-order chi connectivity index (χ1) is 12.9. The van der Waals surface area contributed by atoms with Gasteiger partial charge in [0, 0.05) is 5.69 Å². The van der Waals surface area contributed by atoms with Crippen LogP contribution in [-0.2, 0) is 16.0 Å². The number of nitrogens with one attached hydrogen (secondary N) is 2. The van der Waals surface area contributed by atoms with E-state index in [-0.39, 0.29) is 25.0 Å². The van der Waals surface area contributed by atoms with Crippen molar-refractivity contribution >= 4 is 17.5 Å². The van der Waals surface area contributed by atoms with E-state index in [0.29, 0.717) is 11.7 Å². The maximum absolute atomic E-state index is 12.1. The molecule has 2 aromatic rings. The summed E-state index contributed by atoms with van der Waals surface area (Å²) in [4.78, 5) is 24.1. The molecule has 0 heterocycles. The van der Waals surface area contributed by atoms with Crippen LogP contribution in [0.5, 0.6) is 5.75 Å². The van der Waals surface area contributed by atoms with Crippen LogP contribution < -0.4 is 15.4 Å². The number of amides is 2. The zero-order valence-corrected chi connectivity index (χ0v) is 16.5. The number of para-hydroxylation sites is 1. The summed E-state index contributed by atoms with van der Waals surface area (Å²) >= 11 is 0. The molecule has 0 radical (unpaired) electrons. The molecule has 0 aromatic heterocycles. The van der Waals surface area contributed by atoms with Crippen LogP contribution in [0, 0.1) is 6.92 Å². The van der Waals surface area contributed by atoms with Gasteiger partial charge < -0.3 is 15.4 Å². The van der Waals surface area contributed by atoms with Crippen LogP contribution in [0.2, 0.25) is 0 Å². The molecule has 0 bridgehead atoms. The number of carbonyl (C=O) groups excluding carboxylic acids is 2. The fraction of sp³-hybridized carbons (Fsp3) is 0.364. The van der Waals surface area contributed by atoms with E-state index in [1.54, 1.807) is 0 Å². The zero-order chi connectivity index (χ0) is 19.8. The predicted molar refractivity (Wildman–Crippen MR) is 108 cm³/mol. The zero-order valence-electron chi connectivity index (χ0n) is 16.5. The van der Waals surface area contributed by atoms with Crippen LogP contribution in [0.15, 0.2) is 42.5 Å². The van der Waals surface area contributed by atoms with Gasteiger partial charge in [-0.05, 0) is 48.1 Å². The van der Waals surface area contributed by atoms with Crippen molar-refractivity contribution in [2.24, 2.45) is 0 Å². The summed E-state index contributed by atoms with van der Waals surface area (Å²) in [7, 11) is 0. The number of anilines is 1. The Morgan fingerprint density at radius 1 is 1.07 bits per heavy atom. The first kappa shape index (κ1) is 20.5. The summed E-state index contributed by atoms with van der Waals surface area (Å²) in [5, 5.41) is 5.42. The van der Waals surface area contributed by atoms with Crippen LogP contribution >= 0.6 is 0 Å². The van der Waals surface area contributed by atoms with E-state index in [0.717, 1.165) is 28.8 Å². The summed E-state index contributed by atoms with van der Waals surface area (Å²) in [5.74, 6) is 0.486. The van der Waals surface area contributed by atoms with Gasteiger partial charge in [0.25, 0.3) is 5.91 Å². The van der Waals surface area contributed by atoms with E-state index >= 15 is 0 Å². The molecule has 0 aliphatic heterocycles. The highest BCUT2D eigenvalue weighted by Crippen LogP contribution is 2.24. The van der Waals surface area contributed by atoms with Gasteiger partial charge in [-0.2, -0.15) is 0 Å². The van der Waals surface area contributed by atoms with Crippen molar-refractivity contribution in [3.05, 3.63) is 59.2 Å². The average molecular weight is 368 g/mol. The molecule has 2 rings (SSSR count). The highest BCUT2D eigenvalue weighted by Gasteiger charge is 2.10. The fourth-order valence-electron chi connectivity index (χ4n) is 2.65. The Kier molecular flexibility index (Phi) is 7.41. The molecule has 0 saturated heterocycles. The van der Waals surface area contributed by atoms with Gasteiger partial charge in [-0.25, -0.2) is 0 Å². The third kappa shape index (κ3) is 6.13. The number of rotatable bonds is 8. The Balaban J connectivity index is 1.82.